The summed E-state index contributed by atoms with van der Waals surface area (Å²) in [7, 11) is 2.29. The maximum atomic E-state index is 2.64. The lowest BCUT2D eigenvalue weighted by molar-refractivity contribution is 0.127. The van der Waals surface area contributed by atoms with Crippen molar-refractivity contribution in [1.82, 2.24) is 9.80 Å². The molecule has 1 rings (SSSR count). The molecule has 15 heavy (non-hydrogen) atoms. The number of unbranched alkanes of at least 4 members (excludes halogenated alkanes) is 1. The normalized spacial score (nSPS) is 20.0. The SMILES string of the molecule is CCCCN1CCC(N(C)CCC)CC1. The zero-order chi connectivity index (χ0) is 11.1. The fourth-order valence-corrected chi connectivity index (χ4v) is 2.50. The number of piperidine rings is 1. The predicted octanol–water partition coefficient (Wildman–Crippen LogP) is 2.59. The molecule has 0 unspecified atom stereocenters. The number of hydrogen-bond acceptors (Lipinski definition) is 2. The Kier molecular flexibility index (Phi) is 6.26. The van der Waals surface area contributed by atoms with Gasteiger partial charge >= 0.3 is 0 Å². The molecule has 0 atom stereocenters. The lowest BCUT2D eigenvalue weighted by Gasteiger charge is -2.36. The molecule has 0 aliphatic carbocycles. The molecule has 0 bridgehead atoms. The second kappa shape index (κ2) is 7.24. The monoisotopic (exact) mass is 212 g/mol. The highest BCUT2D eigenvalue weighted by atomic mass is 15.2. The van der Waals surface area contributed by atoms with Crippen LogP contribution in [0.3, 0.4) is 0 Å². The molecule has 90 valence electrons. The van der Waals surface area contributed by atoms with Crippen LogP contribution in [0.2, 0.25) is 0 Å². The van der Waals surface area contributed by atoms with Gasteiger partial charge in [-0.2, -0.15) is 0 Å². The van der Waals surface area contributed by atoms with E-state index in [-0.39, 0.29) is 0 Å². The molecule has 0 radical (unpaired) electrons. The van der Waals surface area contributed by atoms with Crippen LogP contribution in [0.15, 0.2) is 0 Å². The molecule has 0 N–H and O–H groups in total. The van der Waals surface area contributed by atoms with E-state index in [2.05, 4.69) is 30.7 Å². The van der Waals surface area contributed by atoms with Crippen LogP contribution in [-0.2, 0) is 0 Å². The summed E-state index contributed by atoms with van der Waals surface area (Å²) in [6, 6.07) is 0.850. The summed E-state index contributed by atoms with van der Waals surface area (Å²) in [5.74, 6) is 0. The molecule has 0 aromatic heterocycles. The Labute approximate surface area is 95.6 Å². The van der Waals surface area contributed by atoms with Crippen molar-refractivity contribution in [3.8, 4) is 0 Å². The second-order valence-electron chi connectivity index (χ2n) is 4.91. The second-order valence-corrected chi connectivity index (χ2v) is 4.91. The summed E-state index contributed by atoms with van der Waals surface area (Å²) in [5.41, 5.74) is 0. The molecule has 2 nitrogen and oxygen atoms in total. The number of hydrogen-bond donors (Lipinski definition) is 0. The minimum absolute atomic E-state index is 0.850. The summed E-state index contributed by atoms with van der Waals surface area (Å²) in [6.07, 6.45) is 6.73. The van der Waals surface area contributed by atoms with Crippen LogP contribution in [0.25, 0.3) is 0 Å². The van der Waals surface area contributed by atoms with Gasteiger partial charge in [-0.3, -0.25) is 0 Å². The van der Waals surface area contributed by atoms with Crippen molar-refractivity contribution < 1.29 is 0 Å². The van der Waals surface area contributed by atoms with Crippen LogP contribution in [0.1, 0.15) is 46.0 Å². The van der Waals surface area contributed by atoms with E-state index in [0.717, 1.165) is 6.04 Å². The quantitative estimate of drug-likeness (QED) is 0.668. The van der Waals surface area contributed by atoms with Crippen molar-refractivity contribution in [2.75, 3.05) is 33.2 Å². The molecule has 0 aromatic carbocycles. The summed E-state index contributed by atoms with van der Waals surface area (Å²) in [4.78, 5) is 5.19. The van der Waals surface area contributed by atoms with E-state index >= 15 is 0 Å². The molecule has 0 saturated carbocycles. The van der Waals surface area contributed by atoms with Gasteiger partial charge in [-0.1, -0.05) is 20.3 Å². The van der Waals surface area contributed by atoms with Crippen molar-refractivity contribution in [1.29, 1.82) is 0 Å². The molecular weight excluding hydrogens is 184 g/mol. The summed E-state index contributed by atoms with van der Waals surface area (Å²) < 4.78 is 0. The Bertz CT molecular complexity index is 151. The van der Waals surface area contributed by atoms with Gasteiger partial charge in [0.15, 0.2) is 0 Å². The Morgan fingerprint density at radius 3 is 2.33 bits per heavy atom. The van der Waals surface area contributed by atoms with E-state index in [1.165, 1.54) is 58.3 Å². The van der Waals surface area contributed by atoms with Gasteiger partial charge in [0, 0.05) is 6.04 Å². The average molecular weight is 212 g/mol. The van der Waals surface area contributed by atoms with Gasteiger partial charge in [0.05, 0.1) is 0 Å². The van der Waals surface area contributed by atoms with Crippen molar-refractivity contribution in [2.45, 2.75) is 52.0 Å². The van der Waals surface area contributed by atoms with Crippen LogP contribution in [-0.4, -0.2) is 49.1 Å². The maximum absolute atomic E-state index is 2.64. The van der Waals surface area contributed by atoms with Gasteiger partial charge in [0.2, 0.25) is 0 Å². The molecule has 0 amide bonds. The van der Waals surface area contributed by atoms with Gasteiger partial charge in [0.25, 0.3) is 0 Å². The zero-order valence-corrected chi connectivity index (χ0v) is 10.8. The van der Waals surface area contributed by atoms with Gasteiger partial charge in [-0.15, -0.1) is 0 Å². The average Bonchev–Trinajstić information content (AvgIpc) is 2.27. The first-order valence-corrected chi connectivity index (χ1v) is 6.70. The third kappa shape index (κ3) is 4.52. The Balaban J connectivity index is 2.17. The molecular formula is C13H28N2. The van der Waals surface area contributed by atoms with Crippen molar-refractivity contribution in [3.63, 3.8) is 0 Å². The Morgan fingerprint density at radius 2 is 1.80 bits per heavy atom. The lowest BCUT2D eigenvalue weighted by Crippen LogP contribution is -2.43. The van der Waals surface area contributed by atoms with Gasteiger partial charge in [0.1, 0.15) is 0 Å². The third-order valence-corrected chi connectivity index (χ3v) is 3.58. The minimum Gasteiger partial charge on any atom is -0.303 e. The summed E-state index contributed by atoms with van der Waals surface area (Å²) in [6.45, 7) is 9.77. The van der Waals surface area contributed by atoms with Crippen LogP contribution in [0.5, 0.6) is 0 Å². The number of rotatable bonds is 6. The van der Waals surface area contributed by atoms with Gasteiger partial charge < -0.3 is 9.80 Å². The Hall–Kier alpha value is -0.0800. The lowest BCUT2D eigenvalue weighted by atomic mass is 10.0. The van der Waals surface area contributed by atoms with Crippen molar-refractivity contribution >= 4 is 0 Å². The first kappa shape index (κ1) is 13.0. The molecule has 1 aliphatic heterocycles. The van der Waals surface area contributed by atoms with Crippen LogP contribution in [0, 0.1) is 0 Å². The van der Waals surface area contributed by atoms with E-state index in [9.17, 15) is 0 Å². The van der Waals surface area contributed by atoms with E-state index < -0.39 is 0 Å². The van der Waals surface area contributed by atoms with Crippen molar-refractivity contribution in [3.05, 3.63) is 0 Å². The molecule has 0 spiro atoms. The largest absolute Gasteiger partial charge is 0.303 e. The van der Waals surface area contributed by atoms with Crippen molar-refractivity contribution in [2.24, 2.45) is 0 Å². The topological polar surface area (TPSA) is 6.48 Å². The van der Waals surface area contributed by atoms with Crippen LogP contribution >= 0.6 is 0 Å². The van der Waals surface area contributed by atoms with E-state index in [4.69, 9.17) is 0 Å². The van der Waals surface area contributed by atoms with Crippen LogP contribution < -0.4 is 0 Å². The zero-order valence-electron chi connectivity index (χ0n) is 10.8. The molecule has 0 aromatic rings. The first-order chi connectivity index (χ1) is 7.27. The molecule has 1 fully saturated rings. The maximum Gasteiger partial charge on any atom is 0.0117 e. The fraction of sp³-hybridized carbons (Fsp3) is 1.00. The first-order valence-electron chi connectivity index (χ1n) is 6.70. The number of nitrogens with zero attached hydrogens (tertiary/aromatic N) is 2. The van der Waals surface area contributed by atoms with Crippen LogP contribution in [0.4, 0.5) is 0 Å². The van der Waals surface area contributed by atoms with E-state index in [0.29, 0.717) is 0 Å². The highest BCUT2D eigenvalue weighted by molar-refractivity contribution is 4.77. The predicted molar refractivity (Wildman–Crippen MR) is 67.3 cm³/mol. The van der Waals surface area contributed by atoms with Gasteiger partial charge in [-0.25, -0.2) is 0 Å². The molecule has 1 saturated heterocycles. The molecule has 1 aliphatic rings. The third-order valence-electron chi connectivity index (χ3n) is 3.58. The Morgan fingerprint density at radius 1 is 1.13 bits per heavy atom. The van der Waals surface area contributed by atoms with E-state index in [1.807, 2.05) is 0 Å². The standard InChI is InChI=1S/C13H28N2/c1-4-6-10-15-11-7-13(8-12-15)14(3)9-5-2/h13H,4-12H2,1-3H3. The van der Waals surface area contributed by atoms with Gasteiger partial charge in [-0.05, 0) is 58.9 Å². The number of likely N-dealkylation sites (tertiary alicyclic amines) is 1. The fourth-order valence-electron chi connectivity index (χ4n) is 2.50. The summed E-state index contributed by atoms with van der Waals surface area (Å²) >= 11 is 0. The molecule has 2 heteroatoms. The minimum atomic E-state index is 0.850. The highest BCUT2D eigenvalue weighted by Crippen LogP contribution is 2.15. The summed E-state index contributed by atoms with van der Waals surface area (Å²) in [5, 5.41) is 0. The molecule has 1 heterocycles. The van der Waals surface area contributed by atoms with E-state index in [1.54, 1.807) is 0 Å². The smallest absolute Gasteiger partial charge is 0.0117 e. The highest BCUT2D eigenvalue weighted by Gasteiger charge is 2.21.